The quantitative estimate of drug-likeness (QED) is 0.0222. The van der Waals surface area contributed by atoms with Gasteiger partial charge in [0.25, 0.3) is 0 Å². The van der Waals surface area contributed by atoms with Gasteiger partial charge in [-0.15, -0.1) is 0 Å². The van der Waals surface area contributed by atoms with Crippen molar-refractivity contribution in [2.75, 3.05) is 39.6 Å². The molecule has 0 aromatic heterocycles. The number of carbonyl (C=O) groups excluding carboxylic acids is 4. The molecule has 0 spiro atoms. The maximum atomic E-state index is 13.0. The van der Waals surface area contributed by atoms with Crippen molar-refractivity contribution in [3.63, 3.8) is 0 Å². The minimum atomic E-state index is -4.95. The van der Waals surface area contributed by atoms with Gasteiger partial charge < -0.3 is 33.8 Å². The Morgan fingerprint density at radius 1 is 0.281 bits per heavy atom. The summed E-state index contributed by atoms with van der Waals surface area (Å²) in [5.41, 5.74) is 0. The van der Waals surface area contributed by atoms with E-state index >= 15 is 0 Å². The van der Waals surface area contributed by atoms with Gasteiger partial charge in [0, 0.05) is 25.7 Å². The first kappa shape index (κ1) is 87.1. The second-order valence-corrected chi connectivity index (χ2v) is 30.1. The Hall–Kier alpha value is -1.94. The van der Waals surface area contributed by atoms with Crippen LogP contribution < -0.4 is 0 Å². The van der Waals surface area contributed by atoms with Gasteiger partial charge in [-0.3, -0.25) is 37.3 Å². The SMILES string of the molecule is CC(C)CCCCCCCCCCCCCCCC(=O)O[C@H](COC(=O)CCCCCCCCC(C)C)COP(=O)(O)OC[C@H](O)COP(=O)(O)OC[C@@H](COC(=O)CCCCCCCCCC(C)C)OC(=O)CCCCCCCCCCCCCC(C)C. The second kappa shape index (κ2) is 59.8. The number of unbranched alkanes of at least 4 members (excludes halogenated alkanes) is 33. The molecule has 0 saturated carbocycles. The highest BCUT2D eigenvalue weighted by atomic mass is 31.2. The van der Waals surface area contributed by atoms with E-state index in [1.807, 2.05) is 0 Å². The molecule has 0 amide bonds. The Bertz CT molecular complexity index is 1760. The molecule has 2 unspecified atom stereocenters. The van der Waals surface area contributed by atoms with E-state index in [4.69, 9.17) is 37.0 Å². The highest BCUT2D eigenvalue weighted by Crippen LogP contribution is 2.45. The minimum Gasteiger partial charge on any atom is -0.462 e. The third-order valence-electron chi connectivity index (χ3n) is 16.1. The average molecular weight is 1310 g/mol. The minimum absolute atomic E-state index is 0.105. The zero-order chi connectivity index (χ0) is 66.1. The zero-order valence-electron chi connectivity index (χ0n) is 58.1. The summed E-state index contributed by atoms with van der Waals surface area (Å²) in [5, 5.41) is 10.6. The zero-order valence-corrected chi connectivity index (χ0v) is 59.8. The topological polar surface area (TPSA) is 237 Å². The lowest BCUT2D eigenvalue weighted by Crippen LogP contribution is -2.30. The maximum Gasteiger partial charge on any atom is 0.472 e. The third kappa shape index (κ3) is 64.6. The number of hydrogen-bond acceptors (Lipinski definition) is 15. The summed E-state index contributed by atoms with van der Waals surface area (Å²) >= 11 is 0. The van der Waals surface area contributed by atoms with Gasteiger partial charge in [0.15, 0.2) is 12.2 Å². The van der Waals surface area contributed by atoms with Crippen LogP contribution in [0, 0.1) is 23.7 Å². The summed E-state index contributed by atoms with van der Waals surface area (Å²) in [5.74, 6) is 0.805. The molecule has 0 aliphatic rings. The number of carbonyl (C=O) groups is 4. The van der Waals surface area contributed by atoms with Crippen LogP contribution in [0.1, 0.15) is 344 Å². The van der Waals surface area contributed by atoms with Crippen molar-refractivity contribution in [1.29, 1.82) is 0 Å². The van der Waals surface area contributed by atoms with Gasteiger partial charge in [-0.25, -0.2) is 9.13 Å². The summed E-state index contributed by atoms with van der Waals surface area (Å²) in [6.45, 7) is 14.0. The van der Waals surface area contributed by atoms with E-state index in [0.717, 1.165) is 115 Å². The number of aliphatic hydroxyl groups is 1. The Kier molecular flexibility index (Phi) is 58.5. The van der Waals surface area contributed by atoms with Gasteiger partial charge in [0.2, 0.25) is 0 Å². The fraction of sp³-hybridized carbons (Fsp3) is 0.943. The number of ether oxygens (including phenoxy) is 4. The normalized spacial score (nSPS) is 14.3. The molecule has 89 heavy (non-hydrogen) atoms. The fourth-order valence-electron chi connectivity index (χ4n) is 10.5. The van der Waals surface area contributed by atoms with Gasteiger partial charge in [-0.05, 0) is 49.4 Å². The van der Waals surface area contributed by atoms with Crippen LogP contribution in [0.5, 0.6) is 0 Å². The number of phosphoric acid groups is 2. The lowest BCUT2D eigenvalue weighted by atomic mass is 10.0. The summed E-state index contributed by atoms with van der Waals surface area (Å²) < 4.78 is 68.2. The monoisotopic (exact) mass is 1310 g/mol. The molecule has 0 rings (SSSR count). The van der Waals surface area contributed by atoms with E-state index in [-0.39, 0.29) is 25.7 Å². The van der Waals surface area contributed by atoms with Gasteiger partial charge in [-0.2, -0.15) is 0 Å². The van der Waals surface area contributed by atoms with Gasteiger partial charge >= 0.3 is 39.5 Å². The van der Waals surface area contributed by atoms with Crippen LogP contribution in [0.3, 0.4) is 0 Å². The molecule has 3 N–H and O–H groups in total. The molecule has 0 bridgehead atoms. The molecule has 0 radical (unpaired) electrons. The highest BCUT2D eigenvalue weighted by Gasteiger charge is 2.30. The first-order chi connectivity index (χ1) is 42.6. The number of aliphatic hydroxyl groups excluding tert-OH is 1. The van der Waals surface area contributed by atoms with Crippen molar-refractivity contribution in [3.05, 3.63) is 0 Å². The number of phosphoric ester groups is 2. The molecule has 0 aromatic carbocycles. The summed E-state index contributed by atoms with van der Waals surface area (Å²) in [4.78, 5) is 72.5. The van der Waals surface area contributed by atoms with Crippen molar-refractivity contribution >= 4 is 39.5 Å². The molecule has 0 heterocycles. The summed E-state index contributed by atoms with van der Waals surface area (Å²) in [6.07, 6.45) is 41.9. The lowest BCUT2D eigenvalue weighted by molar-refractivity contribution is -0.161. The van der Waals surface area contributed by atoms with Gasteiger partial charge in [0.1, 0.15) is 19.3 Å². The van der Waals surface area contributed by atoms with Crippen molar-refractivity contribution in [3.8, 4) is 0 Å². The molecule has 19 heteroatoms. The van der Waals surface area contributed by atoms with Crippen LogP contribution in [0.2, 0.25) is 0 Å². The fourth-order valence-corrected chi connectivity index (χ4v) is 12.1. The predicted octanol–water partition coefficient (Wildman–Crippen LogP) is 19.7. The van der Waals surface area contributed by atoms with Crippen LogP contribution in [-0.2, 0) is 65.4 Å². The molecule has 528 valence electrons. The smallest absolute Gasteiger partial charge is 0.462 e. The van der Waals surface area contributed by atoms with E-state index in [1.165, 1.54) is 135 Å². The van der Waals surface area contributed by atoms with Crippen LogP contribution in [0.4, 0.5) is 0 Å². The molecule has 17 nitrogen and oxygen atoms in total. The van der Waals surface area contributed by atoms with Gasteiger partial charge in [0.05, 0.1) is 26.4 Å². The molecule has 5 atom stereocenters. The highest BCUT2D eigenvalue weighted by molar-refractivity contribution is 7.47. The second-order valence-electron chi connectivity index (χ2n) is 27.2. The Morgan fingerprint density at radius 3 is 0.697 bits per heavy atom. The van der Waals surface area contributed by atoms with Crippen molar-refractivity contribution in [2.24, 2.45) is 23.7 Å². The largest absolute Gasteiger partial charge is 0.472 e. The molecule has 0 aliphatic heterocycles. The van der Waals surface area contributed by atoms with Crippen molar-refractivity contribution in [2.45, 2.75) is 363 Å². The Balaban J connectivity index is 5.23. The van der Waals surface area contributed by atoms with Crippen LogP contribution in [0.15, 0.2) is 0 Å². The predicted molar refractivity (Wildman–Crippen MR) is 358 cm³/mol. The Labute approximate surface area is 543 Å². The van der Waals surface area contributed by atoms with E-state index in [9.17, 15) is 43.2 Å². The lowest BCUT2D eigenvalue weighted by Gasteiger charge is -2.21. The van der Waals surface area contributed by atoms with Crippen LogP contribution in [-0.4, -0.2) is 96.7 Å². The van der Waals surface area contributed by atoms with E-state index in [2.05, 4.69) is 55.4 Å². The number of hydrogen-bond donors (Lipinski definition) is 3. The maximum absolute atomic E-state index is 13.0. The summed E-state index contributed by atoms with van der Waals surface area (Å²) in [7, 11) is -9.90. The average Bonchev–Trinajstić information content (AvgIpc) is 3.61. The first-order valence-corrected chi connectivity index (χ1v) is 39.2. The molecular formula is C70H136O17P2. The van der Waals surface area contributed by atoms with E-state index < -0.39 is 97.5 Å². The van der Waals surface area contributed by atoms with Crippen LogP contribution >= 0.6 is 15.6 Å². The van der Waals surface area contributed by atoms with E-state index in [1.54, 1.807) is 0 Å². The standard InChI is InChI=1S/C70H136O17P2/c1-60(2)46-38-30-22-17-13-10-9-11-15-19-25-36-44-52-69(74)87-66(57-81-68(73)51-43-35-29-28-33-41-49-63(7)8)59-85-89(78,79)83-55-64(71)54-82-88(76,77)84-58-65(56-80-67(72)50-42-34-27-21-24-32-40-48-62(5)6)86-70(75)53-45-37-26-20-16-12-14-18-23-31-39-47-61(3)4/h60-66,71H,9-59H2,1-8H3,(H,76,77)(H,78,79)/t64-,65-,66-/m1/s1. The molecule has 0 saturated heterocycles. The third-order valence-corrected chi connectivity index (χ3v) is 18.0. The molecule has 0 aromatic rings. The van der Waals surface area contributed by atoms with E-state index in [0.29, 0.717) is 37.5 Å². The summed E-state index contributed by atoms with van der Waals surface area (Å²) in [6, 6.07) is 0. The van der Waals surface area contributed by atoms with Gasteiger partial charge in [-0.1, -0.05) is 293 Å². The molecule has 0 fully saturated rings. The van der Waals surface area contributed by atoms with Crippen molar-refractivity contribution < 1.29 is 80.2 Å². The Morgan fingerprint density at radius 2 is 0.472 bits per heavy atom. The number of esters is 4. The first-order valence-electron chi connectivity index (χ1n) is 36.2. The molecule has 0 aliphatic carbocycles. The molecular weight excluding hydrogens is 1170 g/mol. The van der Waals surface area contributed by atoms with Crippen LogP contribution in [0.25, 0.3) is 0 Å². The number of rotatable bonds is 67. The van der Waals surface area contributed by atoms with Crippen molar-refractivity contribution in [1.82, 2.24) is 0 Å².